The van der Waals surface area contributed by atoms with Crippen molar-refractivity contribution in [3.8, 4) is 0 Å². The second kappa shape index (κ2) is 5.18. The van der Waals surface area contributed by atoms with Crippen molar-refractivity contribution in [2.75, 3.05) is 13.2 Å². The van der Waals surface area contributed by atoms with E-state index in [0.717, 1.165) is 19.4 Å². The van der Waals surface area contributed by atoms with Crippen LogP contribution in [0.4, 0.5) is 0 Å². The number of nitrogens with zero attached hydrogens (tertiary/aromatic N) is 2. The molecule has 18 heavy (non-hydrogen) atoms. The number of amides is 2. The number of aromatic nitrogens is 2. The fraction of sp³-hybridized carbons (Fsp3) is 0.545. The third kappa shape index (κ3) is 2.67. The average molecular weight is 252 g/mol. The van der Waals surface area contributed by atoms with Crippen LogP contribution in [0.1, 0.15) is 33.8 Å². The summed E-state index contributed by atoms with van der Waals surface area (Å²) in [5, 5.41) is 6.62. The van der Waals surface area contributed by atoms with Crippen LogP contribution in [-0.2, 0) is 11.8 Å². The van der Waals surface area contributed by atoms with Crippen molar-refractivity contribution >= 4 is 11.8 Å². The molecule has 0 spiro atoms. The number of hydrogen-bond acceptors (Lipinski definition) is 4. The Hall–Kier alpha value is -1.89. The van der Waals surface area contributed by atoms with Crippen LogP contribution < -0.4 is 11.1 Å². The number of rotatable bonds is 4. The van der Waals surface area contributed by atoms with Crippen LogP contribution in [-0.4, -0.2) is 40.9 Å². The molecule has 2 heterocycles. The summed E-state index contributed by atoms with van der Waals surface area (Å²) in [6.07, 6.45) is 2.06. The normalized spacial score (nSPS) is 18.8. The van der Waals surface area contributed by atoms with Gasteiger partial charge in [-0.15, -0.1) is 0 Å². The van der Waals surface area contributed by atoms with Crippen LogP contribution in [0, 0.1) is 0 Å². The zero-order valence-electron chi connectivity index (χ0n) is 10.2. The maximum absolute atomic E-state index is 11.9. The SMILES string of the molecule is Cn1nc(C(N)=O)cc1C(=O)NC[C@@H]1CCCO1. The molecule has 98 valence electrons. The van der Waals surface area contributed by atoms with Gasteiger partial charge < -0.3 is 15.8 Å². The average Bonchev–Trinajstić information content (AvgIpc) is 2.94. The summed E-state index contributed by atoms with van der Waals surface area (Å²) >= 11 is 0. The van der Waals surface area contributed by atoms with Crippen molar-refractivity contribution in [1.29, 1.82) is 0 Å². The third-order valence-electron chi connectivity index (χ3n) is 2.88. The molecule has 1 aliphatic heterocycles. The molecule has 1 atom stereocenters. The van der Waals surface area contributed by atoms with Crippen LogP contribution in [0.15, 0.2) is 6.07 Å². The van der Waals surface area contributed by atoms with Crippen molar-refractivity contribution < 1.29 is 14.3 Å². The van der Waals surface area contributed by atoms with E-state index in [2.05, 4.69) is 10.4 Å². The summed E-state index contributed by atoms with van der Waals surface area (Å²) in [7, 11) is 1.59. The molecular formula is C11H16N4O3. The number of aryl methyl sites for hydroxylation is 1. The maximum atomic E-state index is 11.9. The van der Waals surface area contributed by atoms with E-state index in [9.17, 15) is 9.59 Å². The number of hydrogen-bond donors (Lipinski definition) is 2. The Morgan fingerprint density at radius 3 is 3.00 bits per heavy atom. The molecule has 3 N–H and O–H groups in total. The predicted molar refractivity (Wildman–Crippen MR) is 63.0 cm³/mol. The van der Waals surface area contributed by atoms with Gasteiger partial charge in [0.15, 0.2) is 5.69 Å². The van der Waals surface area contributed by atoms with Crippen molar-refractivity contribution in [3.05, 3.63) is 17.5 Å². The van der Waals surface area contributed by atoms with Gasteiger partial charge in [-0.3, -0.25) is 14.3 Å². The van der Waals surface area contributed by atoms with Gasteiger partial charge in [-0.2, -0.15) is 5.10 Å². The summed E-state index contributed by atoms with van der Waals surface area (Å²) in [6.45, 7) is 1.22. The summed E-state index contributed by atoms with van der Waals surface area (Å²) < 4.78 is 6.74. The molecule has 1 saturated heterocycles. The Morgan fingerprint density at radius 1 is 1.67 bits per heavy atom. The van der Waals surface area contributed by atoms with Gasteiger partial charge in [-0.05, 0) is 12.8 Å². The summed E-state index contributed by atoms with van der Waals surface area (Å²) in [6, 6.07) is 1.38. The van der Waals surface area contributed by atoms with Crippen molar-refractivity contribution in [2.45, 2.75) is 18.9 Å². The Bertz CT molecular complexity index is 463. The first-order chi connectivity index (χ1) is 8.58. The zero-order chi connectivity index (χ0) is 13.1. The first-order valence-electron chi connectivity index (χ1n) is 5.81. The largest absolute Gasteiger partial charge is 0.376 e. The first kappa shape index (κ1) is 12.6. The fourth-order valence-corrected chi connectivity index (χ4v) is 1.90. The standard InChI is InChI=1S/C11H16N4O3/c1-15-9(5-8(14-15)10(12)16)11(17)13-6-7-3-2-4-18-7/h5,7H,2-4,6H2,1H3,(H2,12,16)(H,13,17)/t7-/m0/s1. The molecule has 1 aromatic heterocycles. The molecular weight excluding hydrogens is 236 g/mol. The Balaban J connectivity index is 1.97. The fourth-order valence-electron chi connectivity index (χ4n) is 1.90. The lowest BCUT2D eigenvalue weighted by atomic mass is 10.2. The van der Waals surface area contributed by atoms with Crippen LogP contribution in [0.2, 0.25) is 0 Å². The van der Waals surface area contributed by atoms with Crippen molar-refractivity contribution in [3.63, 3.8) is 0 Å². The van der Waals surface area contributed by atoms with Gasteiger partial charge in [0, 0.05) is 26.3 Å². The predicted octanol–water partition coefficient (Wildman–Crippen LogP) is -0.572. The maximum Gasteiger partial charge on any atom is 0.269 e. The summed E-state index contributed by atoms with van der Waals surface area (Å²) in [5.41, 5.74) is 5.49. The van der Waals surface area contributed by atoms with E-state index >= 15 is 0 Å². The topological polar surface area (TPSA) is 99.2 Å². The van der Waals surface area contributed by atoms with E-state index in [-0.39, 0.29) is 17.7 Å². The molecule has 0 aromatic carbocycles. The number of carbonyl (C=O) groups is 2. The minimum Gasteiger partial charge on any atom is -0.376 e. The minimum absolute atomic E-state index is 0.0813. The van der Waals surface area contributed by atoms with Crippen molar-refractivity contribution in [2.24, 2.45) is 12.8 Å². The third-order valence-corrected chi connectivity index (χ3v) is 2.88. The molecule has 2 rings (SSSR count). The van der Waals surface area contributed by atoms with Gasteiger partial charge in [0.1, 0.15) is 5.69 Å². The molecule has 7 nitrogen and oxygen atoms in total. The second-order valence-electron chi connectivity index (χ2n) is 4.25. The molecule has 0 aliphatic carbocycles. The molecule has 0 unspecified atom stereocenters. The van der Waals surface area contributed by atoms with Crippen LogP contribution >= 0.6 is 0 Å². The Kier molecular flexibility index (Phi) is 3.61. The smallest absolute Gasteiger partial charge is 0.269 e. The van der Waals surface area contributed by atoms with E-state index in [1.807, 2.05) is 0 Å². The molecule has 1 aromatic rings. The van der Waals surface area contributed by atoms with E-state index in [1.165, 1.54) is 10.7 Å². The van der Waals surface area contributed by atoms with Gasteiger partial charge in [-0.1, -0.05) is 0 Å². The molecule has 0 bridgehead atoms. The quantitative estimate of drug-likeness (QED) is 0.749. The monoisotopic (exact) mass is 252 g/mol. The van der Waals surface area contributed by atoms with Crippen LogP contribution in [0.5, 0.6) is 0 Å². The lowest BCUT2D eigenvalue weighted by molar-refractivity contribution is 0.0850. The Labute approximate surface area is 104 Å². The number of nitrogens with two attached hydrogens (primary N) is 1. The highest BCUT2D eigenvalue weighted by atomic mass is 16.5. The second-order valence-corrected chi connectivity index (χ2v) is 4.25. The van der Waals surface area contributed by atoms with Gasteiger partial charge in [0.25, 0.3) is 11.8 Å². The lowest BCUT2D eigenvalue weighted by Gasteiger charge is -2.10. The number of ether oxygens (including phenoxy) is 1. The lowest BCUT2D eigenvalue weighted by Crippen LogP contribution is -2.32. The minimum atomic E-state index is -0.649. The highest BCUT2D eigenvalue weighted by molar-refractivity contribution is 5.97. The van der Waals surface area contributed by atoms with Gasteiger partial charge >= 0.3 is 0 Å². The van der Waals surface area contributed by atoms with E-state index in [1.54, 1.807) is 7.05 Å². The molecule has 1 aliphatic rings. The Morgan fingerprint density at radius 2 is 2.44 bits per heavy atom. The number of carbonyl (C=O) groups excluding carboxylic acids is 2. The molecule has 0 saturated carbocycles. The number of nitrogens with one attached hydrogen (secondary N) is 1. The van der Waals surface area contributed by atoms with Gasteiger partial charge in [0.05, 0.1) is 6.10 Å². The molecule has 2 amide bonds. The highest BCUT2D eigenvalue weighted by Gasteiger charge is 2.19. The van der Waals surface area contributed by atoms with Gasteiger partial charge in [-0.25, -0.2) is 0 Å². The summed E-state index contributed by atoms with van der Waals surface area (Å²) in [5.74, 6) is -0.934. The van der Waals surface area contributed by atoms with Gasteiger partial charge in [0.2, 0.25) is 0 Å². The molecule has 7 heteroatoms. The zero-order valence-corrected chi connectivity index (χ0v) is 10.2. The molecule has 1 fully saturated rings. The van der Waals surface area contributed by atoms with Crippen molar-refractivity contribution in [1.82, 2.24) is 15.1 Å². The van der Waals surface area contributed by atoms with E-state index < -0.39 is 5.91 Å². The molecule has 0 radical (unpaired) electrons. The van der Waals surface area contributed by atoms with E-state index in [0.29, 0.717) is 12.2 Å². The highest BCUT2D eigenvalue weighted by Crippen LogP contribution is 2.11. The van der Waals surface area contributed by atoms with Crippen LogP contribution in [0.25, 0.3) is 0 Å². The van der Waals surface area contributed by atoms with E-state index in [4.69, 9.17) is 10.5 Å². The number of primary amides is 1. The summed E-state index contributed by atoms with van der Waals surface area (Å²) in [4.78, 5) is 22.8. The first-order valence-corrected chi connectivity index (χ1v) is 5.81. The van der Waals surface area contributed by atoms with Crippen LogP contribution in [0.3, 0.4) is 0 Å².